The molecule has 0 aliphatic rings. The van der Waals surface area contributed by atoms with Crippen molar-refractivity contribution in [2.75, 3.05) is 26.4 Å². The zero-order valence-electron chi connectivity index (χ0n) is 15.9. The molecule has 0 aliphatic carbocycles. The fourth-order valence-electron chi connectivity index (χ4n) is 1.63. The lowest BCUT2D eigenvalue weighted by atomic mass is 9.86. The average molecular weight is 333 g/mol. The molecule has 132 valence electrons. The Bertz CT molecular complexity index is 332. The van der Waals surface area contributed by atoms with E-state index in [1.165, 1.54) is 0 Å². The SMILES string of the molecule is CCOC(=O)COCCC(C)(C)CCO[Si](C)(C)C(C)(C)C. The van der Waals surface area contributed by atoms with Crippen LogP contribution in [0, 0.1) is 5.41 Å². The van der Waals surface area contributed by atoms with E-state index < -0.39 is 8.32 Å². The summed E-state index contributed by atoms with van der Waals surface area (Å²) in [6, 6.07) is 0. The molecule has 0 rings (SSSR count). The zero-order valence-corrected chi connectivity index (χ0v) is 16.9. The molecule has 0 amide bonds. The predicted octanol–water partition coefficient (Wildman–Crippen LogP) is 4.39. The predicted molar refractivity (Wildman–Crippen MR) is 93.6 cm³/mol. The fourth-order valence-corrected chi connectivity index (χ4v) is 2.68. The molecule has 0 saturated heterocycles. The minimum absolute atomic E-state index is 0.0460. The van der Waals surface area contributed by atoms with Crippen LogP contribution >= 0.6 is 0 Å². The first-order chi connectivity index (χ1) is 9.91. The largest absolute Gasteiger partial charge is 0.464 e. The number of ether oxygens (including phenoxy) is 2. The Morgan fingerprint density at radius 2 is 1.55 bits per heavy atom. The Labute approximate surface area is 138 Å². The van der Waals surface area contributed by atoms with Crippen molar-refractivity contribution in [3.8, 4) is 0 Å². The van der Waals surface area contributed by atoms with E-state index in [1.807, 2.05) is 0 Å². The highest BCUT2D eigenvalue weighted by Gasteiger charge is 2.37. The van der Waals surface area contributed by atoms with E-state index in [4.69, 9.17) is 13.9 Å². The molecule has 0 N–H and O–H groups in total. The van der Waals surface area contributed by atoms with Crippen LogP contribution in [-0.4, -0.2) is 40.7 Å². The number of rotatable bonds is 10. The Kier molecular flexibility index (Phi) is 8.88. The molecule has 0 radical (unpaired) electrons. The van der Waals surface area contributed by atoms with E-state index in [9.17, 15) is 4.79 Å². The van der Waals surface area contributed by atoms with Crippen molar-refractivity contribution in [1.29, 1.82) is 0 Å². The Balaban J connectivity index is 3.98. The van der Waals surface area contributed by atoms with Crippen molar-refractivity contribution < 1.29 is 18.7 Å². The van der Waals surface area contributed by atoms with Crippen molar-refractivity contribution in [3.63, 3.8) is 0 Å². The third-order valence-electron chi connectivity index (χ3n) is 4.50. The van der Waals surface area contributed by atoms with Crippen LogP contribution in [0.1, 0.15) is 54.4 Å². The van der Waals surface area contributed by atoms with E-state index in [-0.39, 0.29) is 23.0 Å². The molecule has 0 aromatic carbocycles. The maximum Gasteiger partial charge on any atom is 0.332 e. The Morgan fingerprint density at radius 3 is 2.05 bits per heavy atom. The first kappa shape index (κ1) is 21.6. The molecule has 0 heterocycles. The molecule has 5 heteroatoms. The maximum atomic E-state index is 11.2. The van der Waals surface area contributed by atoms with Gasteiger partial charge in [-0.05, 0) is 43.3 Å². The second kappa shape index (κ2) is 9.04. The van der Waals surface area contributed by atoms with Gasteiger partial charge in [-0.1, -0.05) is 34.6 Å². The molecule has 0 fully saturated rings. The van der Waals surface area contributed by atoms with E-state index in [0.29, 0.717) is 13.2 Å². The lowest BCUT2D eigenvalue weighted by molar-refractivity contribution is -0.148. The van der Waals surface area contributed by atoms with Crippen molar-refractivity contribution in [2.45, 2.75) is 72.5 Å². The van der Waals surface area contributed by atoms with Gasteiger partial charge < -0.3 is 13.9 Å². The molecule has 0 unspecified atom stereocenters. The van der Waals surface area contributed by atoms with Crippen LogP contribution in [-0.2, 0) is 18.7 Å². The Morgan fingerprint density at radius 1 is 1.00 bits per heavy atom. The first-order valence-electron chi connectivity index (χ1n) is 8.28. The summed E-state index contributed by atoms with van der Waals surface area (Å²) in [5.41, 5.74) is 0.150. The van der Waals surface area contributed by atoms with Crippen LogP contribution in [0.3, 0.4) is 0 Å². The lowest BCUT2D eigenvalue weighted by Gasteiger charge is -2.37. The maximum absolute atomic E-state index is 11.2. The topological polar surface area (TPSA) is 44.8 Å². The van der Waals surface area contributed by atoms with Crippen LogP contribution in [0.15, 0.2) is 0 Å². The quantitative estimate of drug-likeness (QED) is 0.338. The van der Waals surface area contributed by atoms with Gasteiger partial charge >= 0.3 is 5.97 Å². The van der Waals surface area contributed by atoms with Crippen molar-refractivity contribution in [2.24, 2.45) is 5.41 Å². The van der Waals surface area contributed by atoms with E-state index >= 15 is 0 Å². The molecule has 0 saturated carbocycles. The van der Waals surface area contributed by atoms with Gasteiger partial charge in [-0.2, -0.15) is 0 Å². The molecule has 22 heavy (non-hydrogen) atoms. The van der Waals surface area contributed by atoms with Gasteiger partial charge in [0, 0.05) is 13.2 Å². The van der Waals surface area contributed by atoms with Crippen LogP contribution in [0.4, 0.5) is 0 Å². The standard InChI is InChI=1S/C17H36O4Si/c1-9-20-15(18)14-19-12-10-17(5,6)11-13-21-22(7,8)16(2,3)4/h9-14H2,1-8H3. The van der Waals surface area contributed by atoms with E-state index in [1.54, 1.807) is 6.92 Å². The van der Waals surface area contributed by atoms with Gasteiger partial charge in [-0.25, -0.2) is 4.79 Å². The fraction of sp³-hybridized carbons (Fsp3) is 0.941. The van der Waals surface area contributed by atoms with Crippen molar-refractivity contribution in [1.82, 2.24) is 0 Å². The Hall–Kier alpha value is -0.393. The monoisotopic (exact) mass is 332 g/mol. The molecule has 0 aliphatic heterocycles. The first-order valence-corrected chi connectivity index (χ1v) is 11.2. The smallest absolute Gasteiger partial charge is 0.332 e. The van der Waals surface area contributed by atoms with Crippen LogP contribution < -0.4 is 0 Å². The van der Waals surface area contributed by atoms with Crippen molar-refractivity contribution >= 4 is 14.3 Å². The highest BCUT2D eigenvalue weighted by atomic mass is 28.4. The molecule has 0 atom stereocenters. The number of carbonyl (C=O) groups is 1. The van der Waals surface area contributed by atoms with Gasteiger partial charge in [-0.15, -0.1) is 0 Å². The summed E-state index contributed by atoms with van der Waals surface area (Å²) in [5.74, 6) is -0.290. The normalized spacial score (nSPS) is 13.3. The molecular weight excluding hydrogens is 296 g/mol. The summed E-state index contributed by atoms with van der Waals surface area (Å²) in [5, 5.41) is 0.250. The summed E-state index contributed by atoms with van der Waals surface area (Å²) in [6.07, 6.45) is 1.91. The summed E-state index contributed by atoms with van der Waals surface area (Å²) in [4.78, 5) is 11.2. The van der Waals surface area contributed by atoms with Crippen molar-refractivity contribution in [3.05, 3.63) is 0 Å². The minimum atomic E-state index is -1.66. The van der Waals surface area contributed by atoms with Crippen LogP contribution in [0.25, 0.3) is 0 Å². The summed E-state index contributed by atoms with van der Waals surface area (Å²) < 4.78 is 16.4. The average Bonchev–Trinajstić information content (AvgIpc) is 2.33. The van der Waals surface area contributed by atoms with Gasteiger partial charge in [-0.3, -0.25) is 0 Å². The number of carbonyl (C=O) groups excluding carboxylic acids is 1. The minimum Gasteiger partial charge on any atom is -0.464 e. The molecule has 0 bridgehead atoms. The zero-order chi connectivity index (χ0) is 17.4. The summed E-state index contributed by atoms with van der Waals surface area (Å²) in [6.45, 7) is 19.4. The van der Waals surface area contributed by atoms with Gasteiger partial charge in [0.15, 0.2) is 8.32 Å². The van der Waals surface area contributed by atoms with E-state index in [0.717, 1.165) is 19.4 Å². The number of hydrogen-bond acceptors (Lipinski definition) is 4. The summed E-state index contributed by atoms with van der Waals surface area (Å²) in [7, 11) is -1.66. The lowest BCUT2D eigenvalue weighted by Crippen LogP contribution is -2.41. The molecule has 4 nitrogen and oxygen atoms in total. The van der Waals surface area contributed by atoms with Gasteiger partial charge in [0.1, 0.15) is 6.61 Å². The highest BCUT2D eigenvalue weighted by Crippen LogP contribution is 2.37. The molecule has 0 aromatic rings. The summed E-state index contributed by atoms with van der Waals surface area (Å²) >= 11 is 0. The highest BCUT2D eigenvalue weighted by molar-refractivity contribution is 6.74. The van der Waals surface area contributed by atoms with Gasteiger partial charge in [0.25, 0.3) is 0 Å². The van der Waals surface area contributed by atoms with Gasteiger partial charge in [0.2, 0.25) is 0 Å². The van der Waals surface area contributed by atoms with Gasteiger partial charge in [0.05, 0.1) is 6.61 Å². The third kappa shape index (κ3) is 8.91. The third-order valence-corrected chi connectivity index (χ3v) is 9.03. The number of hydrogen-bond donors (Lipinski definition) is 0. The number of esters is 1. The molecular formula is C17H36O4Si. The second-order valence-electron chi connectivity index (χ2n) is 8.13. The van der Waals surface area contributed by atoms with Crippen LogP contribution in [0.2, 0.25) is 18.1 Å². The molecule has 0 spiro atoms. The molecule has 0 aromatic heterocycles. The second-order valence-corrected chi connectivity index (χ2v) is 12.9. The van der Waals surface area contributed by atoms with Crippen LogP contribution in [0.5, 0.6) is 0 Å². The van der Waals surface area contributed by atoms with E-state index in [2.05, 4.69) is 47.7 Å².